The third-order valence-electron chi connectivity index (χ3n) is 3.32. The van der Waals surface area contributed by atoms with E-state index in [0.717, 1.165) is 5.01 Å². The minimum atomic E-state index is -0.765. The van der Waals surface area contributed by atoms with Gasteiger partial charge in [0.25, 0.3) is 5.91 Å². The lowest BCUT2D eigenvalue weighted by Gasteiger charge is -2.35. The van der Waals surface area contributed by atoms with Crippen LogP contribution in [0.1, 0.15) is 31.1 Å². The van der Waals surface area contributed by atoms with Gasteiger partial charge in [0.2, 0.25) is 0 Å². The monoisotopic (exact) mass is 397 g/mol. The van der Waals surface area contributed by atoms with Crippen LogP contribution in [0.3, 0.4) is 0 Å². The summed E-state index contributed by atoms with van der Waals surface area (Å²) in [7, 11) is 0. The average Bonchev–Trinajstić information content (AvgIpc) is 2.52. The maximum atomic E-state index is 13.7. The number of hydrogen-bond acceptors (Lipinski definition) is 2. The Bertz CT molecular complexity index is 817. The molecule has 2 N–H and O–H groups in total. The van der Waals surface area contributed by atoms with Crippen LogP contribution in [0.4, 0.5) is 14.9 Å². The number of hydrazine groups is 1. The standard InChI is InChI=1S/C18H18Cl2FN3O2/c1-18(2,3)24(16(25)11-8-12(19)10-13(20)9-11)23-17(26)22-15-7-5-4-6-14(15)21/h4-10H,1-3H3,(H2,22,23,26). The molecule has 2 aromatic carbocycles. The van der Waals surface area contributed by atoms with E-state index in [4.69, 9.17) is 23.2 Å². The number of urea groups is 1. The molecule has 0 bridgehead atoms. The van der Waals surface area contributed by atoms with E-state index in [1.807, 2.05) is 0 Å². The Kier molecular flexibility index (Phi) is 6.10. The summed E-state index contributed by atoms with van der Waals surface area (Å²) in [6, 6.07) is 9.36. The van der Waals surface area contributed by atoms with Crippen LogP contribution in [-0.4, -0.2) is 22.5 Å². The minimum absolute atomic E-state index is 0.00268. The fourth-order valence-corrected chi connectivity index (χ4v) is 2.67. The summed E-state index contributed by atoms with van der Waals surface area (Å²) in [5.74, 6) is -1.09. The third kappa shape index (κ3) is 5.09. The number of amides is 3. The average molecular weight is 398 g/mol. The van der Waals surface area contributed by atoms with Crippen molar-refractivity contribution in [1.82, 2.24) is 10.4 Å². The topological polar surface area (TPSA) is 61.4 Å². The molecule has 0 radical (unpaired) electrons. The van der Waals surface area contributed by atoms with E-state index in [9.17, 15) is 14.0 Å². The van der Waals surface area contributed by atoms with Crippen molar-refractivity contribution in [2.75, 3.05) is 5.32 Å². The summed E-state index contributed by atoms with van der Waals surface area (Å²) in [6.45, 7) is 5.21. The first kappa shape index (κ1) is 20.0. The summed E-state index contributed by atoms with van der Waals surface area (Å²) < 4.78 is 13.7. The van der Waals surface area contributed by atoms with Crippen LogP contribution in [0, 0.1) is 5.82 Å². The predicted molar refractivity (Wildman–Crippen MR) is 101 cm³/mol. The van der Waals surface area contributed by atoms with E-state index >= 15 is 0 Å². The quantitative estimate of drug-likeness (QED) is 0.691. The Balaban J connectivity index is 2.23. The zero-order valence-electron chi connectivity index (χ0n) is 14.4. The van der Waals surface area contributed by atoms with Gasteiger partial charge in [-0.1, -0.05) is 35.3 Å². The summed E-state index contributed by atoms with van der Waals surface area (Å²) >= 11 is 11.9. The second-order valence-corrected chi connectivity index (χ2v) is 7.39. The molecule has 0 fully saturated rings. The summed E-state index contributed by atoms with van der Waals surface area (Å²) in [6.07, 6.45) is 0. The third-order valence-corrected chi connectivity index (χ3v) is 3.76. The van der Waals surface area contributed by atoms with Gasteiger partial charge < -0.3 is 5.32 Å². The van der Waals surface area contributed by atoms with Crippen molar-refractivity contribution in [3.8, 4) is 0 Å². The predicted octanol–water partition coefficient (Wildman–Crippen LogP) is 5.11. The molecule has 2 aromatic rings. The number of carbonyl (C=O) groups excluding carboxylic acids is 2. The number of nitrogens with one attached hydrogen (secondary N) is 2. The number of rotatable bonds is 2. The molecule has 0 aliphatic rings. The van der Waals surface area contributed by atoms with Crippen molar-refractivity contribution in [2.24, 2.45) is 0 Å². The van der Waals surface area contributed by atoms with Gasteiger partial charge in [0.15, 0.2) is 0 Å². The van der Waals surface area contributed by atoms with Crippen LogP contribution in [0.15, 0.2) is 42.5 Å². The SMILES string of the molecule is CC(C)(C)N(NC(=O)Nc1ccccc1F)C(=O)c1cc(Cl)cc(Cl)c1. The molecular weight excluding hydrogens is 380 g/mol. The van der Waals surface area contributed by atoms with E-state index in [-0.39, 0.29) is 11.3 Å². The van der Waals surface area contributed by atoms with Crippen LogP contribution in [0.2, 0.25) is 10.0 Å². The molecule has 3 amide bonds. The molecule has 0 aliphatic carbocycles. The Labute approximate surface area is 161 Å². The van der Waals surface area contributed by atoms with Gasteiger partial charge in [0, 0.05) is 15.6 Å². The molecule has 0 spiro atoms. The van der Waals surface area contributed by atoms with E-state index in [0.29, 0.717) is 10.0 Å². The second kappa shape index (κ2) is 7.93. The van der Waals surface area contributed by atoms with Crippen molar-refractivity contribution in [2.45, 2.75) is 26.3 Å². The van der Waals surface area contributed by atoms with Crippen molar-refractivity contribution in [3.63, 3.8) is 0 Å². The first-order valence-electron chi connectivity index (χ1n) is 7.71. The first-order chi connectivity index (χ1) is 12.1. The number of halogens is 3. The van der Waals surface area contributed by atoms with Gasteiger partial charge in [-0.2, -0.15) is 0 Å². The normalized spacial score (nSPS) is 11.0. The summed E-state index contributed by atoms with van der Waals surface area (Å²) in [5, 5.41) is 4.09. The molecule has 138 valence electrons. The fraction of sp³-hybridized carbons (Fsp3) is 0.222. The highest BCUT2D eigenvalue weighted by Crippen LogP contribution is 2.22. The lowest BCUT2D eigenvalue weighted by molar-refractivity contribution is 0.0460. The molecule has 0 aliphatic heterocycles. The highest BCUT2D eigenvalue weighted by atomic mass is 35.5. The van der Waals surface area contributed by atoms with Crippen molar-refractivity contribution >= 4 is 40.8 Å². The fourth-order valence-electron chi connectivity index (χ4n) is 2.14. The molecule has 0 aromatic heterocycles. The van der Waals surface area contributed by atoms with Gasteiger partial charge in [-0.3, -0.25) is 4.79 Å². The molecular formula is C18H18Cl2FN3O2. The zero-order chi connectivity index (χ0) is 19.5. The molecule has 0 heterocycles. The van der Waals surface area contributed by atoms with Gasteiger partial charge in [-0.05, 0) is 51.1 Å². The van der Waals surface area contributed by atoms with Crippen LogP contribution in [-0.2, 0) is 0 Å². The smallest absolute Gasteiger partial charge is 0.304 e. The molecule has 0 atom stereocenters. The Morgan fingerprint density at radius 3 is 2.15 bits per heavy atom. The van der Waals surface area contributed by atoms with Gasteiger partial charge in [-0.15, -0.1) is 0 Å². The molecule has 5 nitrogen and oxygen atoms in total. The Morgan fingerprint density at radius 1 is 1.04 bits per heavy atom. The maximum Gasteiger partial charge on any atom is 0.338 e. The van der Waals surface area contributed by atoms with Crippen LogP contribution in [0.25, 0.3) is 0 Å². The van der Waals surface area contributed by atoms with E-state index in [2.05, 4.69) is 10.7 Å². The summed E-state index contributed by atoms with van der Waals surface area (Å²) in [5.41, 5.74) is 1.89. The van der Waals surface area contributed by atoms with E-state index in [1.165, 1.54) is 36.4 Å². The van der Waals surface area contributed by atoms with Gasteiger partial charge in [0.1, 0.15) is 5.82 Å². The lowest BCUT2D eigenvalue weighted by atomic mass is 10.1. The molecule has 2 rings (SSSR count). The molecule has 0 unspecified atom stereocenters. The van der Waals surface area contributed by atoms with Crippen molar-refractivity contribution in [1.29, 1.82) is 0 Å². The molecule has 26 heavy (non-hydrogen) atoms. The van der Waals surface area contributed by atoms with E-state index in [1.54, 1.807) is 26.8 Å². The number of nitrogens with zero attached hydrogens (tertiary/aromatic N) is 1. The van der Waals surface area contributed by atoms with Gasteiger partial charge in [0.05, 0.1) is 11.2 Å². The van der Waals surface area contributed by atoms with E-state index < -0.39 is 23.3 Å². The number of anilines is 1. The van der Waals surface area contributed by atoms with Crippen LogP contribution >= 0.6 is 23.2 Å². The molecule has 0 saturated carbocycles. The maximum absolute atomic E-state index is 13.7. The lowest BCUT2D eigenvalue weighted by Crippen LogP contribution is -2.56. The minimum Gasteiger partial charge on any atom is -0.304 e. The zero-order valence-corrected chi connectivity index (χ0v) is 16.0. The van der Waals surface area contributed by atoms with Crippen LogP contribution in [0.5, 0.6) is 0 Å². The second-order valence-electron chi connectivity index (χ2n) is 6.52. The Morgan fingerprint density at radius 2 is 1.62 bits per heavy atom. The van der Waals surface area contributed by atoms with Crippen LogP contribution < -0.4 is 10.7 Å². The number of carbonyl (C=O) groups is 2. The Hall–Kier alpha value is -2.31. The number of para-hydroxylation sites is 1. The van der Waals surface area contributed by atoms with Gasteiger partial charge >= 0.3 is 6.03 Å². The van der Waals surface area contributed by atoms with Crippen molar-refractivity contribution in [3.05, 3.63) is 63.9 Å². The molecule has 8 heteroatoms. The number of hydrogen-bond donors (Lipinski definition) is 2. The highest BCUT2D eigenvalue weighted by molar-refractivity contribution is 6.35. The highest BCUT2D eigenvalue weighted by Gasteiger charge is 2.30. The number of benzene rings is 2. The van der Waals surface area contributed by atoms with Gasteiger partial charge in [-0.25, -0.2) is 19.6 Å². The first-order valence-corrected chi connectivity index (χ1v) is 8.46. The summed E-state index contributed by atoms with van der Waals surface area (Å²) in [4.78, 5) is 25.1. The largest absolute Gasteiger partial charge is 0.338 e. The van der Waals surface area contributed by atoms with Crippen molar-refractivity contribution < 1.29 is 14.0 Å². The molecule has 0 saturated heterocycles.